The first kappa shape index (κ1) is 62.3. The fraction of sp³-hybridized carbons (Fsp3) is 0.333. The molecule has 0 fully saturated rings. The molecule has 0 aliphatic rings. The Labute approximate surface area is 455 Å². The number of benzene rings is 6. The molecule has 0 spiro atoms. The molecule has 0 aliphatic carbocycles. The van der Waals surface area contributed by atoms with E-state index in [1.54, 1.807) is 0 Å². The maximum atomic E-state index is 3.06. The summed E-state index contributed by atoms with van der Waals surface area (Å²) in [4.78, 5) is 0. The molecule has 4 heteroatoms. The van der Waals surface area contributed by atoms with Crippen molar-refractivity contribution in [3.8, 4) is 44.5 Å². The quantitative estimate of drug-likeness (QED) is 0.115. The van der Waals surface area contributed by atoms with E-state index in [1.807, 2.05) is 0 Å². The zero-order valence-corrected chi connectivity index (χ0v) is 50.9. The van der Waals surface area contributed by atoms with Gasteiger partial charge in [0.25, 0.3) is 0 Å². The molecule has 8 rings (SSSR count). The first-order valence-electron chi connectivity index (χ1n) is 24.1. The standard InChI is InChI=1S/2C32H37.2CH3.2ClH.Si.Zr/c2*1-21(2)24-19-29-27(22-9-13-25(14-10-22)31(3,4)5)17-18-28(30(29)20-24)23-11-15-26(16-12-23)32(6,7)8;;;;;;/h2*9-21H,1-8H3;2*1H3;2*1H;;/q4*-1;;;;. The summed E-state index contributed by atoms with van der Waals surface area (Å²) in [7, 11) is 0. The monoisotopic (exact) mass is 1060 g/mol. The maximum absolute atomic E-state index is 3.06. The van der Waals surface area contributed by atoms with Crippen LogP contribution in [0.1, 0.15) is 156 Å². The van der Waals surface area contributed by atoms with Crippen LogP contribution in [-0.4, -0.2) is 6.88 Å². The second-order valence-electron chi connectivity index (χ2n) is 23.2. The van der Waals surface area contributed by atoms with Crippen molar-refractivity contribution in [1.29, 1.82) is 0 Å². The Hall–Kier alpha value is -3.78. The van der Waals surface area contributed by atoms with Gasteiger partial charge in [0.2, 0.25) is 0 Å². The summed E-state index contributed by atoms with van der Waals surface area (Å²) in [6, 6.07) is 55.4. The van der Waals surface area contributed by atoms with E-state index in [4.69, 9.17) is 0 Å². The third kappa shape index (κ3) is 14.2. The molecule has 2 radical (unpaired) electrons. The number of halogens is 2. The van der Waals surface area contributed by atoms with E-state index >= 15 is 0 Å². The fourth-order valence-corrected chi connectivity index (χ4v) is 8.92. The zero-order chi connectivity index (χ0) is 48.5. The summed E-state index contributed by atoms with van der Waals surface area (Å²) < 4.78 is 0. The van der Waals surface area contributed by atoms with E-state index in [9.17, 15) is 0 Å². The second-order valence-corrected chi connectivity index (χ2v) is 23.2. The topological polar surface area (TPSA) is 0 Å². The number of hydrogen-bond acceptors (Lipinski definition) is 0. The SMILES string of the molecule is CC(C)c1cc2c(-c3ccc(C(C)(C)C)cc3)ccc(-c3ccc(C(C)(C)C)cc3)c2[cH-]1.CC(C)c1cc2c(-c3ccc(C(C)(C)C)cc3)ccc(-c3ccc(C(C)(C)C)cc3)c2[cH-]1.Cl.Cl.[CH3-].[CH3-].[Si]=[Zr]. The van der Waals surface area contributed by atoms with Crippen LogP contribution in [0.15, 0.2) is 146 Å². The van der Waals surface area contributed by atoms with Gasteiger partial charge in [0, 0.05) is 0 Å². The zero-order valence-electron chi connectivity index (χ0n) is 45.8. The van der Waals surface area contributed by atoms with Gasteiger partial charge in [-0.1, -0.05) is 265 Å². The third-order valence-electron chi connectivity index (χ3n) is 13.4. The van der Waals surface area contributed by atoms with E-state index in [2.05, 4.69) is 263 Å². The molecule has 0 nitrogen and oxygen atoms in total. The van der Waals surface area contributed by atoms with Crippen molar-refractivity contribution >= 4 is 53.2 Å². The van der Waals surface area contributed by atoms with Crippen LogP contribution in [-0.2, 0) is 45.0 Å². The minimum atomic E-state index is 0. The average Bonchev–Trinajstić information content (AvgIpc) is 3.93. The Morgan fingerprint density at radius 1 is 0.343 bits per heavy atom. The van der Waals surface area contributed by atoms with E-state index in [-0.39, 0.29) is 61.3 Å². The molecule has 0 bridgehead atoms. The van der Waals surface area contributed by atoms with Crippen LogP contribution >= 0.6 is 24.8 Å². The van der Waals surface area contributed by atoms with Crippen molar-refractivity contribution in [3.05, 3.63) is 194 Å². The molecule has 70 heavy (non-hydrogen) atoms. The summed E-state index contributed by atoms with van der Waals surface area (Å²) >= 11 is 1.36. The summed E-state index contributed by atoms with van der Waals surface area (Å²) in [5, 5.41) is 5.42. The van der Waals surface area contributed by atoms with Crippen molar-refractivity contribution in [2.24, 2.45) is 0 Å². The molecular weight excluding hydrogens is 983 g/mol. The fourth-order valence-electron chi connectivity index (χ4n) is 8.92. The molecule has 0 N–H and O–H groups in total. The Morgan fingerprint density at radius 3 is 0.743 bits per heavy atom. The Bertz CT molecular complexity index is 2490. The summed E-state index contributed by atoms with van der Waals surface area (Å²) in [5.41, 5.74) is 19.4. The molecule has 0 saturated heterocycles. The third-order valence-corrected chi connectivity index (χ3v) is 13.4. The Balaban J connectivity index is 0.000000439. The van der Waals surface area contributed by atoms with Crippen LogP contribution in [0.5, 0.6) is 0 Å². The molecule has 0 unspecified atom stereocenters. The van der Waals surface area contributed by atoms with Gasteiger partial charge < -0.3 is 14.9 Å². The molecule has 0 amide bonds. The summed E-state index contributed by atoms with van der Waals surface area (Å²) in [6.07, 6.45) is 0. The van der Waals surface area contributed by atoms with Crippen molar-refractivity contribution in [3.63, 3.8) is 0 Å². The van der Waals surface area contributed by atoms with Crippen molar-refractivity contribution < 1.29 is 23.3 Å². The average molecular weight is 1070 g/mol. The number of rotatable bonds is 6. The predicted octanol–water partition coefficient (Wildman–Crippen LogP) is 20.6. The van der Waals surface area contributed by atoms with Crippen LogP contribution in [0.2, 0.25) is 0 Å². The molecule has 0 aromatic heterocycles. The summed E-state index contributed by atoms with van der Waals surface area (Å²) in [5.74, 6) is 1.02. The predicted molar refractivity (Wildman–Crippen MR) is 317 cm³/mol. The van der Waals surface area contributed by atoms with Gasteiger partial charge in [-0.05, 0) is 66.9 Å². The molecule has 0 atom stereocenters. The molecule has 0 aliphatic heterocycles. The van der Waals surface area contributed by atoms with Crippen molar-refractivity contribution in [2.75, 3.05) is 0 Å². The normalized spacial score (nSPS) is 11.6. The van der Waals surface area contributed by atoms with Crippen LogP contribution in [0, 0.1) is 14.9 Å². The van der Waals surface area contributed by atoms with Crippen molar-refractivity contribution in [2.45, 2.75) is 144 Å². The first-order chi connectivity index (χ1) is 30.9. The van der Waals surface area contributed by atoms with Gasteiger partial charge in [-0.3, -0.25) is 0 Å². The van der Waals surface area contributed by atoms with Crippen LogP contribution in [0.3, 0.4) is 0 Å². The molecule has 372 valence electrons. The molecule has 0 saturated carbocycles. The van der Waals surface area contributed by atoms with Gasteiger partial charge in [-0.15, -0.1) is 69.6 Å². The minimum absolute atomic E-state index is 0. The van der Waals surface area contributed by atoms with E-state index in [1.165, 1.54) is 123 Å². The van der Waals surface area contributed by atoms with Gasteiger partial charge >= 0.3 is 30.2 Å². The number of fused-ring (bicyclic) bond motifs is 2. The molecular formula is C66H82Cl2SiZr-4. The van der Waals surface area contributed by atoms with E-state index < -0.39 is 0 Å². The van der Waals surface area contributed by atoms with Gasteiger partial charge in [0.05, 0.1) is 0 Å². The van der Waals surface area contributed by atoms with Gasteiger partial charge in [-0.2, -0.15) is 12.1 Å². The Kier molecular flexibility index (Phi) is 22.1. The number of hydrogen-bond donors (Lipinski definition) is 0. The van der Waals surface area contributed by atoms with E-state index in [0.29, 0.717) is 11.8 Å². The molecule has 8 aromatic carbocycles. The van der Waals surface area contributed by atoms with Gasteiger partial charge in [0.1, 0.15) is 0 Å². The van der Waals surface area contributed by atoms with Crippen molar-refractivity contribution in [1.82, 2.24) is 0 Å². The second kappa shape index (κ2) is 24.8. The Morgan fingerprint density at radius 2 is 0.543 bits per heavy atom. The van der Waals surface area contributed by atoms with Gasteiger partial charge in [0.15, 0.2) is 0 Å². The molecule has 8 aromatic rings. The van der Waals surface area contributed by atoms with E-state index in [0.717, 1.165) is 0 Å². The van der Waals surface area contributed by atoms with Crippen LogP contribution < -0.4 is 0 Å². The molecule has 0 heterocycles. The summed E-state index contributed by atoms with van der Waals surface area (Å²) in [6.45, 7) is 39.4. The first-order valence-corrected chi connectivity index (χ1v) is 28.2. The van der Waals surface area contributed by atoms with Crippen LogP contribution in [0.25, 0.3) is 66.1 Å². The van der Waals surface area contributed by atoms with Crippen LogP contribution in [0.4, 0.5) is 0 Å². The van der Waals surface area contributed by atoms with Gasteiger partial charge in [-0.25, -0.2) is 0 Å².